The van der Waals surface area contributed by atoms with Gasteiger partial charge in [0.05, 0.1) is 11.1 Å². The third-order valence-electron chi connectivity index (χ3n) is 4.65. The van der Waals surface area contributed by atoms with Crippen molar-refractivity contribution in [2.24, 2.45) is 0 Å². The van der Waals surface area contributed by atoms with Crippen LogP contribution in [-0.2, 0) is 0 Å². The second-order valence-electron chi connectivity index (χ2n) is 6.92. The first-order valence-corrected chi connectivity index (χ1v) is 10.9. The summed E-state index contributed by atoms with van der Waals surface area (Å²) in [4.78, 5) is 17.8. The third-order valence-corrected chi connectivity index (χ3v) is 5.62. The fourth-order valence-electron chi connectivity index (χ4n) is 3.02. The maximum Gasteiger partial charge on any atom is 0.291 e. The molecule has 0 aliphatic carbocycles. The van der Waals surface area contributed by atoms with Crippen molar-refractivity contribution in [3.8, 4) is 17.1 Å². The van der Waals surface area contributed by atoms with Crippen LogP contribution in [0.2, 0.25) is 0 Å². The van der Waals surface area contributed by atoms with Crippen LogP contribution in [0, 0.1) is 0 Å². The summed E-state index contributed by atoms with van der Waals surface area (Å²) >= 11 is 1.34. The minimum Gasteiger partial charge on any atom is -0.494 e. The van der Waals surface area contributed by atoms with Gasteiger partial charge in [0.2, 0.25) is 4.96 Å². The molecule has 0 N–H and O–H groups in total. The topological polar surface area (TPSA) is 56.5 Å². The Hall–Kier alpha value is -3.25. The fraction of sp³-hybridized carbons (Fsp3) is 0.208. The molecule has 0 saturated heterocycles. The molecule has 2 aromatic carbocycles. The number of unbranched alkanes of at least 4 members (excludes halogenated alkanes) is 2. The number of allylic oxidation sites excluding steroid dienone is 1. The Kier molecular flexibility index (Phi) is 6.35. The Morgan fingerprint density at radius 2 is 1.87 bits per heavy atom. The summed E-state index contributed by atoms with van der Waals surface area (Å²) in [6.07, 6.45) is 9.06. The predicted molar refractivity (Wildman–Crippen MR) is 123 cm³/mol. The normalized spacial score (nSPS) is 12.2. The molecule has 0 radical (unpaired) electrons. The van der Waals surface area contributed by atoms with Crippen molar-refractivity contribution in [3.63, 3.8) is 0 Å². The second-order valence-corrected chi connectivity index (χ2v) is 7.93. The average molecular weight is 418 g/mol. The van der Waals surface area contributed by atoms with Crippen molar-refractivity contribution in [1.82, 2.24) is 14.6 Å². The lowest BCUT2D eigenvalue weighted by Crippen LogP contribution is -2.23. The van der Waals surface area contributed by atoms with E-state index in [0.717, 1.165) is 29.9 Å². The van der Waals surface area contributed by atoms with Gasteiger partial charge < -0.3 is 4.74 Å². The van der Waals surface area contributed by atoms with Gasteiger partial charge in [-0.3, -0.25) is 4.79 Å². The zero-order chi connectivity index (χ0) is 20.8. The van der Waals surface area contributed by atoms with Gasteiger partial charge in [-0.25, -0.2) is 0 Å². The van der Waals surface area contributed by atoms with E-state index in [4.69, 9.17) is 4.74 Å². The van der Waals surface area contributed by atoms with Crippen LogP contribution in [0.4, 0.5) is 0 Å². The van der Waals surface area contributed by atoms with Crippen LogP contribution < -0.4 is 14.8 Å². The van der Waals surface area contributed by atoms with Gasteiger partial charge in [0.15, 0.2) is 5.82 Å². The Bertz CT molecular complexity index is 1240. The van der Waals surface area contributed by atoms with Gasteiger partial charge in [-0.05, 0) is 42.3 Å². The first kappa shape index (κ1) is 20.0. The highest BCUT2D eigenvalue weighted by atomic mass is 32.1. The number of thiazole rings is 1. The molecule has 0 amide bonds. The Morgan fingerprint density at radius 3 is 2.60 bits per heavy atom. The molecule has 152 valence electrons. The molecule has 0 fully saturated rings. The molecule has 0 unspecified atom stereocenters. The van der Waals surface area contributed by atoms with Crippen LogP contribution in [-0.4, -0.2) is 21.2 Å². The highest BCUT2D eigenvalue weighted by Crippen LogP contribution is 2.20. The fourth-order valence-corrected chi connectivity index (χ4v) is 3.88. The molecule has 0 bridgehead atoms. The number of ether oxygens (including phenoxy) is 1. The van der Waals surface area contributed by atoms with Crippen LogP contribution in [0.3, 0.4) is 0 Å². The van der Waals surface area contributed by atoms with Crippen molar-refractivity contribution in [1.29, 1.82) is 0 Å². The van der Waals surface area contributed by atoms with Gasteiger partial charge in [-0.1, -0.05) is 73.6 Å². The zero-order valence-electron chi connectivity index (χ0n) is 16.8. The second kappa shape index (κ2) is 9.50. The number of fused-ring (bicyclic) bond motifs is 1. The molecule has 0 aliphatic heterocycles. The molecular weight excluding hydrogens is 394 g/mol. The first-order chi connectivity index (χ1) is 14.7. The van der Waals surface area contributed by atoms with Crippen molar-refractivity contribution < 1.29 is 4.74 Å². The minimum absolute atomic E-state index is 0.151. The number of benzene rings is 2. The summed E-state index contributed by atoms with van der Waals surface area (Å²) in [6.45, 7) is 2.90. The molecule has 4 aromatic rings. The van der Waals surface area contributed by atoms with Gasteiger partial charge in [-0.15, -0.1) is 5.10 Å². The van der Waals surface area contributed by atoms with E-state index in [1.165, 1.54) is 28.7 Å². The van der Waals surface area contributed by atoms with Gasteiger partial charge in [0, 0.05) is 5.56 Å². The largest absolute Gasteiger partial charge is 0.494 e. The first-order valence-electron chi connectivity index (χ1n) is 10.1. The Morgan fingerprint density at radius 1 is 1.07 bits per heavy atom. The Balaban J connectivity index is 1.50. The molecule has 0 aliphatic rings. The van der Waals surface area contributed by atoms with Gasteiger partial charge in [0.1, 0.15) is 5.75 Å². The van der Waals surface area contributed by atoms with E-state index in [1.54, 1.807) is 6.08 Å². The van der Waals surface area contributed by atoms with E-state index in [-0.39, 0.29) is 5.56 Å². The molecule has 2 heterocycles. The van der Waals surface area contributed by atoms with Crippen LogP contribution >= 0.6 is 11.3 Å². The van der Waals surface area contributed by atoms with Crippen LogP contribution in [0.5, 0.6) is 5.75 Å². The number of nitrogens with zero attached hydrogens (tertiary/aromatic N) is 3. The van der Waals surface area contributed by atoms with E-state index in [2.05, 4.69) is 17.0 Å². The quantitative estimate of drug-likeness (QED) is 0.393. The molecule has 6 heteroatoms. The standard InChI is InChI=1S/C24H23N3O2S/c1-2-3-7-17-29-20-15-13-19(14-16-20)22-25-24-27(26-22)23(28)21(30-24)12-8-11-18-9-5-4-6-10-18/h4-6,8-16H,2-3,7,17H2,1H3/b11-8-,21-12-. The zero-order valence-corrected chi connectivity index (χ0v) is 17.6. The smallest absolute Gasteiger partial charge is 0.291 e. The van der Waals surface area contributed by atoms with Crippen LogP contribution in [0.25, 0.3) is 28.5 Å². The van der Waals surface area contributed by atoms with E-state index in [1.807, 2.05) is 66.7 Å². The van der Waals surface area contributed by atoms with Gasteiger partial charge >= 0.3 is 0 Å². The van der Waals surface area contributed by atoms with Crippen molar-refractivity contribution in [2.45, 2.75) is 26.2 Å². The van der Waals surface area contributed by atoms with Crippen LogP contribution in [0.1, 0.15) is 31.7 Å². The highest BCUT2D eigenvalue weighted by molar-refractivity contribution is 7.15. The van der Waals surface area contributed by atoms with Gasteiger partial charge in [-0.2, -0.15) is 9.50 Å². The summed E-state index contributed by atoms with van der Waals surface area (Å²) in [7, 11) is 0. The van der Waals surface area contributed by atoms with E-state index in [0.29, 0.717) is 15.3 Å². The molecular formula is C24H23N3O2S. The maximum atomic E-state index is 12.6. The summed E-state index contributed by atoms with van der Waals surface area (Å²) in [5.74, 6) is 1.38. The van der Waals surface area contributed by atoms with E-state index < -0.39 is 0 Å². The summed E-state index contributed by atoms with van der Waals surface area (Å²) in [5, 5.41) is 4.40. The summed E-state index contributed by atoms with van der Waals surface area (Å²) < 4.78 is 7.73. The molecule has 30 heavy (non-hydrogen) atoms. The van der Waals surface area contributed by atoms with Crippen molar-refractivity contribution >= 4 is 28.4 Å². The summed E-state index contributed by atoms with van der Waals surface area (Å²) in [6, 6.07) is 17.6. The molecule has 4 rings (SSSR count). The average Bonchev–Trinajstić information content (AvgIpc) is 3.32. The predicted octanol–water partition coefficient (Wildman–Crippen LogP) is 4.60. The SMILES string of the molecule is CCCCCOc1ccc(-c2nc3s/c(=C\C=C/c4ccccc4)c(=O)n3n2)cc1. The highest BCUT2D eigenvalue weighted by Gasteiger charge is 2.11. The molecule has 0 atom stereocenters. The third kappa shape index (κ3) is 4.66. The Labute approximate surface area is 179 Å². The molecule has 0 spiro atoms. The maximum absolute atomic E-state index is 12.6. The van der Waals surface area contributed by atoms with Crippen molar-refractivity contribution in [2.75, 3.05) is 6.61 Å². The summed E-state index contributed by atoms with van der Waals surface area (Å²) in [5.41, 5.74) is 1.80. The van der Waals surface area contributed by atoms with E-state index in [9.17, 15) is 4.79 Å². The number of hydrogen-bond acceptors (Lipinski definition) is 5. The molecule has 2 aromatic heterocycles. The lowest BCUT2D eigenvalue weighted by molar-refractivity contribution is 0.306. The van der Waals surface area contributed by atoms with Crippen LogP contribution in [0.15, 0.2) is 65.5 Å². The lowest BCUT2D eigenvalue weighted by atomic mass is 10.2. The monoisotopic (exact) mass is 417 g/mol. The minimum atomic E-state index is -0.151. The molecule has 0 saturated carbocycles. The number of aromatic nitrogens is 3. The number of rotatable bonds is 8. The molecule has 5 nitrogen and oxygen atoms in total. The van der Waals surface area contributed by atoms with E-state index >= 15 is 0 Å². The van der Waals surface area contributed by atoms with Gasteiger partial charge in [0.25, 0.3) is 5.56 Å². The van der Waals surface area contributed by atoms with Crippen molar-refractivity contribution in [3.05, 3.63) is 81.1 Å². The lowest BCUT2D eigenvalue weighted by Gasteiger charge is -2.05. The number of hydrogen-bond donors (Lipinski definition) is 0.